The molecule has 0 radical (unpaired) electrons. The molecule has 0 spiro atoms. The number of aliphatic imine (C=N–C) groups is 1. The molecule has 0 unspecified atom stereocenters. The average Bonchev–Trinajstić information content (AvgIpc) is 3.32. The van der Waals surface area contributed by atoms with Crippen molar-refractivity contribution >= 4 is 11.5 Å². The first-order chi connectivity index (χ1) is 15.7. The fourth-order valence-corrected chi connectivity index (χ4v) is 4.31. The molecule has 0 atom stereocenters. The number of nitrogens with zero attached hydrogens (tertiary/aromatic N) is 2. The predicted octanol–water partition coefficient (Wildman–Crippen LogP) is 4.90. The van der Waals surface area contributed by atoms with Crippen LogP contribution in [-0.2, 0) is 6.42 Å². The SMILES string of the molecule is Cc1ccc(C(=O)CCCCN=C(Cc2ccc3c(c2)OCCO3)CN2CCCC2)cc1. The van der Waals surface area contributed by atoms with Crippen molar-refractivity contribution in [1.29, 1.82) is 0 Å². The minimum Gasteiger partial charge on any atom is -0.486 e. The number of carbonyl (C=O) groups is 1. The number of rotatable bonds is 10. The lowest BCUT2D eigenvalue weighted by Crippen LogP contribution is -2.28. The number of carbonyl (C=O) groups excluding carboxylic acids is 1. The van der Waals surface area contributed by atoms with Gasteiger partial charge in [-0.3, -0.25) is 14.7 Å². The Labute approximate surface area is 191 Å². The molecule has 2 heterocycles. The zero-order valence-electron chi connectivity index (χ0n) is 19.1. The lowest BCUT2D eigenvalue weighted by atomic mass is 10.0. The van der Waals surface area contributed by atoms with Crippen LogP contribution >= 0.6 is 0 Å². The van der Waals surface area contributed by atoms with E-state index in [0.29, 0.717) is 19.6 Å². The van der Waals surface area contributed by atoms with Gasteiger partial charge in [-0.1, -0.05) is 35.9 Å². The second kappa shape index (κ2) is 11.3. The van der Waals surface area contributed by atoms with E-state index in [4.69, 9.17) is 14.5 Å². The summed E-state index contributed by atoms with van der Waals surface area (Å²) in [5.41, 5.74) is 4.42. The molecule has 2 aromatic rings. The fourth-order valence-electron chi connectivity index (χ4n) is 4.31. The van der Waals surface area contributed by atoms with Crippen molar-refractivity contribution in [1.82, 2.24) is 4.90 Å². The standard InChI is InChI=1S/C27H34N2O3/c1-21-7-10-23(11-8-21)25(30)6-2-3-13-28-24(20-29-14-4-5-15-29)18-22-9-12-26-27(19-22)32-17-16-31-26/h7-12,19H,2-6,13-18,20H2,1H3. The first kappa shape index (κ1) is 22.5. The zero-order valence-corrected chi connectivity index (χ0v) is 19.1. The summed E-state index contributed by atoms with van der Waals surface area (Å²) in [5, 5.41) is 0. The van der Waals surface area contributed by atoms with Crippen molar-refractivity contribution < 1.29 is 14.3 Å². The normalized spacial score (nSPS) is 16.3. The van der Waals surface area contributed by atoms with Gasteiger partial charge in [0.1, 0.15) is 13.2 Å². The maximum Gasteiger partial charge on any atom is 0.162 e. The van der Waals surface area contributed by atoms with E-state index in [1.165, 1.54) is 29.7 Å². The van der Waals surface area contributed by atoms with Gasteiger partial charge in [0.05, 0.1) is 0 Å². The molecule has 1 saturated heterocycles. The Morgan fingerprint density at radius 3 is 2.50 bits per heavy atom. The number of fused-ring (bicyclic) bond motifs is 1. The molecule has 0 aliphatic carbocycles. The van der Waals surface area contributed by atoms with Gasteiger partial charge in [-0.25, -0.2) is 0 Å². The number of ketones is 1. The number of Topliss-reactive ketones (excluding diaryl/α,β-unsaturated/α-hetero) is 1. The quantitative estimate of drug-likeness (QED) is 0.303. The van der Waals surface area contributed by atoms with Gasteiger partial charge in [-0.05, 0) is 63.4 Å². The first-order valence-electron chi connectivity index (χ1n) is 11.9. The molecular formula is C27H34N2O3. The van der Waals surface area contributed by atoms with Crippen LogP contribution in [0.4, 0.5) is 0 Å². The van der Waals surface area contributed by atoms with E-state index >= 15 is 0 Å². The Hall–Kier alpha value is -2.66. The zero-order chi connectivity index (χ0) is 22.2. The molecule has 5 heteroatoms. The van der Waals surface area contributed by atoms with Crippen molar-refractivity contribution in [3.63, 3.8) is 0 Å². The van der Waals surface area contributed by atoms with Gasteiger partial charge in [-0.2, -0.15) is 0 Å². The second-order valence-electron chi connectivity index (χ2n) is 8.83. The van der Waals surface area contributed by atoms with Gasteiger partial charge >= 0.3 is 0 Å². The highest BCUT2D eigenvalue weighted by molar-refractivity contribution is 5.96. The minimum atomic E-state index is 0.225. The monoisotopic (exact) mass is 434 g/mol. The lowest BCUT2D eigenvalue weighted by Gasteiger charge is -2.20. The summed E-state index contributed by atoms with van der Waals surface area (Å²) in [4.78, 5) is 19.8. The summed E-state index contributed by atoms with van der Waals surface area (Å²) in [5.74, 6) is 1.89. The minimum absolute atomic E-state index is 0.225. The van der Waals surface area contributed by atoms with E-state index in [2.05, 4.69) is 17.0 Å². The molecule has 2 aliphatic heterocycles. The van der Waals surface area contributed by atoms with Crippen molar-refractivity contribution in [2.24, 2.45) is 4.99 Å². The van der Waals surface area contributed by atoms with Crippen LogP contribution in [0.3, 0.4) is 0 Å². The molecule has 0 saturated carbocycles. The van der Waals surface area contributed by atoms with Gasteiger partial charge in [-0.15, -0.1) is 0 Å². The Bertz CT molecular complexity index is 930. The maximum absolute atomic E-state index is 12.4. The summed E-state index contributed by atoms with van der Waals surface area (Å²) in [6.07, 6.45) is 5.77. The molecule has 32 heavy (non-hydrogen) atoms. The highest BCUT2D eigenvalue weighted by Crippen LogP contribution is 2.31. The smallest absolute Gasteiger partial charge is 0.162 e. The van der Waals surface area contributed by atoms with Gasteiger partial charge in [0.25, 0.3) is 0 Å². The number of benzene rings is 2. The largest absolute Gasteiger partial charge is 0.486 e. The summed E-state index contributed by atoms with van der Waals surface area (Å²) in [7, 11) is 0. The Kier molecular flexibility index (Phi) is 7.94. The summed E-state index contributed by atoms with van der Waals surface area (Å²) < 4.78 is 11.4. The molecule has 0 bridgehead atoms. The molecule has 5 nitrogen and oxygen atoms in total. The fraction of sp³-hybridized carbons (Fsp3) is 0.481. The number of hydrogen-bond donors (Lipinski definition) is 0. The molecular weight excluding hydrogens is 400 g/mol. The highest BCUT2D eigenvalue weighted by Gasteiger charge is 2.16. The molecule has 0 N–H and O–H groups in total. The van der Waals surface area contributed by atoms with Crippen molar-refractivity contribution in [2.75, 3.05) is 39.4 Å². The molecule has 170 valence electrons. The Balaban J connectivity index is 1.31. The van der Waals surface area contributed by atoms with Crippen LogP contribution in [-0.4, -0.2) is 55.8 Å². The van der Waals surface area contributed by atoms with Crippen molar-refractivity contribution in [3.8, 4) is 11.5 Å². The molecule has 2 aromatic carbocycles. The van der Waals surface area contributed by atoms with Crippen LogP contribution in [0.15, 0.2) is 47.5 Å². The summed E-state index contributed by atoms with van der Waals surface area (Å²) in [6.45, 7) is 7.27. The van der Waals surface area contributed by atoms with Crippen LogP contribution in [0.2, 0.25) is 0 Å². The predicted molar refractivity (Wildman–Crippen MR) is 128 cm³/mol. The molecule has 1 fully saturated rings. The van der Waals surface area contributed by atoms with E-state index < -0.39 is 0 Å². The Morgan fingerprint density at radius 2 is 1.72 bits per heavy atom. The number of ether oxygens (including phenoxy) is 2. The van der Waals surface area contributed by atoms with E-state index in [-0.39, 0.29) is 5.78 Å². The van der Waals surface area contributed by atoms with Gasteiger partial charge in [0.2, 0.25) is 0 Å². The molecule has 2 aliphatic rings. The van der Waals surface area contributed by atoms with E-state index in [1.54, 1.807) is 0 Å². The second-order valence-corrected chi connectivity index (χ2v) is 8.83. The third-order valence-corrected chi connectivity index (χ3v) is 6.14. The molecule has 0 aromatic heterocycles. The van der Waals surface area contributed by atoms with Crippen LogP contribution in [0.5, 0.6) is 11.5 Å². The lowest BCUT2D eigenvalue weighted by molar-refractivity contribution is 0.0979. The highest BCUT2D eigenvalue weighted by atomic mass is 16.6. The van der Waals surface area contributed by atoms with Crippen molar-refractivity contribution in [3.05, 3.63) is 59.2 Å². The van der Waals surface area contributed by atoms with Gasteiger partial charge < -0.3 is 9.47 Å². The van der Waals surface area contributed by atoms with Gasteiger partial charge in [0, 0.05) is 37.2 Å². The van der Waals surface area contributed by atoms with E-state index in [1.807, 2.05) is 37.3 Å². The maximum atomic E-state index is 12.4. The molecule has 0 amide bonds. The number of aryl methyl sites for hydroxylation is 1. The van der Waals surface area contributed by atoms with Crippen LogP contribution < -0.4 is 9.47 Å². The average molecular weight is 435 g/mol. The molecule has 4 rings (SSSR count). The first-order valence-corrected chi connectivity index (χ1v) is 11.9. The van der Waals surface area contributed by atoms with Gasteiger partial charge in [0.15, 0.2) is 17.3 Å². The van der Waals surface area contributed by atoms with Crippen LogP contribution in [0.25, 0.3) is 0 Å². The Morgan fingerprint density at radius 1 is 0.969 bits per heavy atom. The third-order valence-electron chi connectivity index (χ3n) is 6.14. The van der Waals surface area contributed by atoms with E-state index in [9.17, 15) is 4.79 Å². The third kappa shape index (κ3) is 6.42. The summed E-state index contributed by atoms with van der Waals surface area (Å²) >= 11 is 0. The number of likely N-dealkylation sites (tertiary alicyclic amines) is 1. The van der Waals surface area contributed by atoms with Crippen molar-refractivity contribution in [2.45, 2.75) is 45.4 Å². The number of hydrogen-bond acceptors (Lipinski definition) is 5. The van der Waals surface area contributed by atoms with E-state index in [0.717, 1.165) is 62.5 Å². The summed E-state index contributed by atoms with van der Waals surface area (Å²) in [6, 6.07) is 14.1. The van der Waals surface area contributed by atoms with Crippen LogP contribution in [0.1, 0.15) is 53.6 Å². The topological polar surface area (TPSA) is 51.1 Å². The van der Waals surface area contributed by atoms with Crippen LogP contribution in [0, 0.1) is 6.92 Å². The number of unbranched alkanes of at least 4 members (excludes halogenated alkanes) is 1.